The van der Waals surface area contributed by atoms with Crippen molar-refractivity contribution in [3.8, 4) is 0 Å². The Kier molecular flexibility index (Phi) is 5.72. The third-order valence-electron chi connectivity index (χ3n) is 5.00. The molecule has 2 aromatic carbocycles. The highest BCUT2D eigenvalue weighted by Gasteiger charge is 2.36. The number of benzene rings is 2. The van der Waals surface area contributed by atoms with Crippen LogP contribution in [-0.2, 0) is 14.3 Å². The number of aryl methyl sites for hydroxylation is 2. The first kappa shape index (κ1) is 20.2. The van der Waals surface area contributed by atoms with Crippen LogP contribution in [-0.4, -0.2) is 35.7 Å². The van der Waals surface area contributed by atoms with Crippen molar-refractivity contribution in [1.29, 1.82) is 0 Å². The van der Waals surface area contributed by atoms with E-state index in [0.717, 1.165) is 11.1 Å². The molecular formula is C21H20N2O6. The van der Waals surface area contributed by atoms with Crippen LogP contribution in [0.2, 0.25) is 0 Å². The summed E-state index contributed by atoms with van der Waals surface area (Å²) < 4.78 is 5.14. The summed E-state index contributed by atoms with van der Waals surface area (Å²) >= 11 is 0. The summed E-state index contributed by atoms with van der Waals surface area (Å²) in [5.74, 6) is -1.88. The van der Waals surface area contributed by atoms with E-state index in [1.807, 2.05) is 19.9 Å². The Morgan fingerprint density at radius 1 is 1.14 bits per heavy atom. The zero-order chi connectivity index (χ0) is 21.1. The summed E-state index contributed by atoms with van der Waals surface area (Å²) in [5.41, 5.74) is 2.90. The van der Waals surface area contributed by atoms with E-state index >= 15 is 0 Å². The molecule has 8 nitrogen and oxygen atoms in total. The van der Waals surface area contributed by atoms with Crippen molar-refractivity contribution < 1.29 is 24.0 Å². The number of esters is 1. The summed E-state index contributed by atoms with van der Waals surface area (Å²) in [6.07, 6.45) is -0.0341. The number of nitro groups is 1. The zero-order valence-corrected chi connectivity index (χ0v) is 16.1. The monoisotopic (exact) mass is 396 g/mol. The predicted octanol–water partition coefficient (Wildman–Crippen LogP) is 2.99. The molecule has 0 unspecified atom stereocenters. The Morgan fingerprint density at radius 2 is 1.83 bits per heavy atom. The van der Waals surface area contributed by atoms with Crippen LogP contribution in [0.15, 0.2) is 42.5 Å². The van der Waals surface area contributed by atoms with E-state index in [4.69, 9.17) is 4.74 Å². The van der Waals surface area contributed by atoms with Crippen LogP contribution < -0.4 is 4.90 Å². The minimum Gasteiger partial charge on any atom is -0.457 e. The Hall–Kier alpha value is -3.55. The molecule has 1 amide bonds. The highest BCUT2D eigenvalue weighted by atomic mass is 16.6. The lowest BCUT2D eigenvalue weighted by Crippen LogP contribution is -2.27. The van der Waals surface area contributed by atoms with Crippen molar-refractivity contribution in [2.45, 2.75) is 20.3 Å². The Morgan fingerprint density at radius 3 is 2.45 bits per heavy atom. The smallest absolute Gasteiger partial charge is 0.311 e. The van der Waals surface area contributed by atoms with E-state index in [1.54, 1.807) is 12.1 Å². The molecule has 0 spiro atoms. The fraction of sp³-hybridized carbons (Fsp3) is 0.286. The predicted molar refractivity (Wildman–Crippen MR) is 105 cm³/mol. The van der Waals surface area contributed by atoms with Crippen LogP contribution >= 0.6 is 0 Å². The minimum absolute atomic E-state index is 0.0341. The van der Waals surface area contributed by atoms with E-state index in [9.17, 15) is 24.5 Å². The number of ether oxygens (including phenoxy) is 1. The SMILES string of the molecule is Cc1ccc(C(=O)COC(=O)[C@@H]2CC(=O)N(c3ccc([N+](=O)[O-])cc3)C2)cc1C. The third-order valence-corrected chi connectivity index (χ3v) is 5.00. The molecule has 0 radical (unpaired) electrons. The lowest BCUT2D eigenvalue weighted by molar-refractivity contribution is -0.384. The van der Waals surface area contributed by atoms with Gasteiger partial charge in [-0.2, -0.15) is 0 Å². The largest absolute Gasteiger partial charge is 0.457 e. The highest BCUT2D eigenvalue weighted by molar-refractivity contribution is 6.01. The molecule has 1 aliphatic heterocycles. The van der Waals surface area contributed by atoms with Gasteiger partial charge >= 0.3 is 5.97 Å². The summed E-state index contributed by atoms with van der Waals surface area (Å²) in [5, 5.41) is 10.7. The van der Waals surface area contributed by atoms with E-state index < -0.39 is 16.8 Å². The minimum atomic E-state index is -0.690. The number of ketones is 1. The number of rotatable bonds is 6. The van der Waals surface area contributed by atoms with Gasteiger partial charge in [0.2, 0.25) is 5.91 Å². The van der Waals surface area contributed by atoms with Crippen LogP contribution in [0.3, 0.4) is 0 Å². The number of amides is 1. The molecule has 1 aliphatic rings. The van der Waals surface area contributed by atoms with Crippen molar-refractivity contribution in [3.05, 3.63) is 69.3 Å². The Bertz CT molecular complexity index is 983. The van der Waals surface area contributed by atoms with Crippen LogP contribution in [0.25, 0.3) is 0 Å². The third kappa shape index (κ3) is 4.48. The lowest BCUT2D eigenvalue weighted by Gasteiger charge is -2.16. The second kappa shape index (κ2) is 8.22. The molecule has 1 atom stereocenters. The normalized spacial score (nSPS) is 16.0. The average molecular weight is 396 g/mol. The molecule has 0 aliphatic carbocycles. The Balaban J connectivity index is 1.59. The molecule has 1 fully saturated rings. The van der Waals surface area contributed by atoms with E-state index in [2.05, 4.69) is 0 Å². The molecule has 3 rings (SSSR count). The number of anilines is 1. The number of hydrogen-bond donors (Lipinski definition) is 0. The fourth-order valence-corrected chi connectivity index (χ4v) is 3.12. The zero-order valence-electron chi connectivity index (χ0n) is 16.1. The van der Waals surface area contributed by atoms with Gasteiger partial charge in [-0.05, 0) is 43.2 Å². The molecule has 2 aromatic rings. The molecule has 0 saturated carbocycles. The summed E-state index contributed by atoms with van der Waals surface area (Å²) in [6, 6.07) is 10.8. The second-order valence-corrected chi connectivity index (χ2v) is 7.01. The first-order chi connectivity index (χ1) is 13.8. The molecule has 0 aromatic heterocycles. The van der Waals surface area contributed by atoms with E-state index in [-0.39, 0.29) is 37.0 Å². The van der Waals surface area contributed by atoms with Crippen LogP contribution in [0.1, 0.15) is 27.9 Å². The highest BCUT2D eigenvalue weighted by Crippen LogP contribution is 2.27. The van der Waals surface area contributed by atoms with Crippen LogP contribution in [0.5, 0.6) is 0 Å². The molecular weight excluding hydrogens is 376 g/mol. The first-order valence-corrected chi connectivity index (χ1v) is 9.08. The van der Waals surface area contributed by atoms with E-state index in [1.165, 1.54) is 29.2 Å². The topological polar surface area (TPSA) is 107 Å². The molecule has 0 bridgehead atoms. The van der Waals surface area contributed by atoms with Gasteiger partial charge in [0.1, 0.15) is 0 Å². The van der Waals surface area contributed by atoms with E-state index in [0.29, 0.717) is 11.3 Å². The lowest BCUT2D eigenvalue weighted by atomic mass is 10.0. The van der Waals surface area contributed by atoms with Gasteiger partial charge in [0, 0.05) is 36.3 Å². The summed E-state index contributed by atoms with van der Waals surface area (Å²) in [6.45, 7) is 3.56. The standard InChI is InChI=1S/C21H20N2O6/c1-13-3-4-15(9-14(13)2)19(24)12-29-21(26)16-10-20(25)22(11-16)17-5-7-18(8-6-17)23(27)28/h3-9,16H,10-12H2,1-2H3/t16-/m1/s1. The van der Waals surface area contributed by atoms with Crippen LogP contribution in [0, 0.1) is 29.9 Å². The number of non-ortho nitro benzene ring substituents is 1. The van der Waals surface area contributed by atoms with Crippen molar-refractivity contribution in [1.82, 2.24) is 0 Å². The maximum Gasteiger partial charge on any atom is 0.311 e. The molecule has 1 saturated heterocycles. The average Bonchev–Trinajstić information content (AvgIpc) is 3.09. The maximum atomic E-state index is 12.3. The summed E-state index contributed by atoms with van der Waals surface area (Å²) in [4.78, 5) is 48.4. The van der Waals surface area contributed by atoms with Crippen molar-refractivity contribution in [3.63, 3.8) is 0 Å². The van der Waals surface area contributed by atoms with Gasteiger partial charge in [0.15, 0.2) is 12.4 Å². The summed E-state index contributed by atoms with van der Waals surface area (Å²) in [7, 11) is 0. The molecule has 1 heterocycles. The van der Waals surface area contributed by atoms with Gasteiger partial charge in [-0.1, -0.05) is 12.1 Å². The van der Waals surface area contributed by atoms with Crippen molar-refractivity contribution >= 4 is 29.0 Å². The number of hydrogen-bond acceptors (Lipinski definition) is 6. The number of Topliss-reactive ketones (excluding diaryl/α,β-unsaturated/α-hetero) is 1. The second-order valence-electron chi connectivity index (χ2n) is 7.01. The number of nitrogens with zero attached hydrogens (tertiary/aromatic N) is 2. The van der Waals surface area contributed by atoms with Gasteiger partial charge in [-0.3, -0.25) is 24.5 Å². The molecule has 8 heteroatoms. The van der Waals surface area contributed by atoms with Gasteiger partial charge in [0.25, 0.3) is 5.69 Å². The number of carbonyl (C=O) groups excluding carboxylic acids is 3. The van der Waals surface area contributed by atoms with Crippen molar-refractivity contribution in [2.24, 2.45) is 5.92 Å². The van der Waals surface area contributed by atoms with Gasteiger partial charge < -0.3 is 9.64 Å². The molecule has 0 N–H and O–H groups in total. The maximum absolute atomic E-state index is 12.3. The Labute approximate surface area is 167 Å². The van der Waals surface area contributed by atoms with Crippen molar-refractivity contribution in [2.75, 3.05) is 18.1 Å². The number of carbonyl (C=O) groups is 3. The van der Waals surface area contributed by atoms with Gasteiger partial charge in [-0.15, -0.1) is 0 Å². The quantitative estimate of drug-likeness (QED) is 0.322. The first-order valence-electron chi connectivity index (χ1n) is 9.08. The molecule has 29 heavy (non-hydrogen) atoms. The van der Waals surface area contributed by atoms with Crippen LogP contribution in [0.4, 0.5) is 11.4 Å². The molecule has 150 valence electrons. The van der Waals surface area contributed by atoms with Gasteiger partial charge in [-0.25, -0.2) is 0 Å². The van der Waals surface area contributed by atoms with Gasteiger partial charge in [0.05, 0.1) is 10.8 Å². The number of nitro benzene ring substituents is 1. The fourth-order valence-electron chi connectivity index (χ4n) is 3.12.